The number of Topliss-reactive ketones (excluding diaryl/α,β-unsaturated/α-hetero) is 1. The lowest BCUT2D eigenvalue weighted by Crippen LogP contribution is -2.50. The van der Waals surface area contributed by atoms with Crippen molar-refractivity contribution in [1.82, 2.24) is 15.6 Å². The highest BCUT2D eigenvalue weighted by atomic mass is 19.2. The molecule has 2 atom stereocenters. The standard InChI is InChI=1S/C20H23F2N3O2/c1-10-18(12(3)26)11(2)24-19(10)20(27)25-17-9-23-7-6-14(17)13-4-5-15(21)16(22)8-13/h4-5,8,14,17,23-24H,6-7,9H2,1-3H3,(H,25,27). The maximum absolute atomic E-state index is 13.6. The molecule has 0 bridgehead atoms. The number of aromatic nitrogens is 1. The molecule has 1 fully saturated rings. The van der Waals surface area contributed by atoms with Crippen molar-refractivity contribution in [3.05, 3.63) is 57.9 Å². The summed E-state index contributed by atoms with van der Waals surface area (Å²) in [7, 11) is 0. The van der Waals surface area contributed by atoms with Gasteiger partial charge in [0.15, 0.2) is 17.4 Å². The average Bonchev–Trinajstić information content (AvgIpc) is 2.92. The highest BCUT2D eigenvalue weighted by molar-refractivity contribution is 6.02. The third-order valence-electron chi connectivity index (χ3n) is 5.19. The molecule has 5 nitrogen and oxygen atoms in total. The fourth-order valence-corrected chi connectivity index (χ4v) is 3.90. The number of ketones is 1. The summed E-state index contributed by atoms with van der Waals surface area (Å²) in [6.07, 6.45) is 0.692. The molecule has 2 unspecified atom stereocenters. The molecule has 2 aromatic rings. The molecule has 0 radical (unpaired) electrons. The van der Waals surface area contributed by atoms with Gasteiger partial charge in [-0.3, -0.25) is 9.59 Å². The first-order valence-electron chi connectivity index (χ1n) is 8.96. The van der Waals surface area contributed by atoms with Crippen LogP contribution < -0.4 is 10.6 Å². The summed E-state index contributed by atoms with van der Waals surface area (Å²) in [6.45, 7) is 6.21. The van der Waals surface area contributed by atoms with Gasteiger partial charge in [-0.15, -0.1) is 0 Å². The van der Waals surface area contributed by atoms with E-state index in [2.05, 4.69) is 15.6 Å². The van der Waals surface area contributed by atoms with Gasteiger partial charge in [-0.2, -0.15) is 0 Å². The van der Waals surface area contributed by atoms with E-state index in [9.17, 15) is 18.4 Å². The Balaban J connectivity index is 1.84. The van der Waals surface area contributed by atoms with Gasteiger partial charge in [0.2, 0.25) is 0 Å². The third kappa shape index (κ3) is 3.78. The Morgan fingerprint density at radius 2 is 1.93 bits per heavy atom. The molecule has 0 aliphatic carbocycles. The van der Waals surface area contributed by atoms with Gasteiger partial charge in [-0.1, -0.05) is 6.07 Å². The Morgan fingerprint density at radius 3 is 2.56 bits per heavy atom. The highest BCUT2D eigenvalue weighted by Crippen LogP contribution is 2.27. The number of halogens is 2. The maximum Gasteiger partial charge on any atom is 0.268 e. The lowest BCUT2D eigenvalue weighted by atomic mass is 9.86. The quantitative estimate of drug-likeness (QED) is 0.720. The van der Waals surface area contributed by atoms with Crippen molar-refractivity contribution in [2.75, 3.05) is 13.1 Å². The van der Waals surface area contributed by atoms with Crippen molar-refractivity contribution in [2.45, 2.75) is 39.2 Å². The molecule has 1 saturated heterocycles. The average molecular weight is 375 g/mol. The molecule has 7 heteroatoms. The van der Waals surface area contributed by atoms with Crippen LogP contribution in [0.2, 0.25) is 0 Å². The van der Waals surface area contributed by atoms with Crippen molar-refractivity contribution in [1.29, 1.82) is 0 Å². The number of hydrogen-bond donors (Lipinski definition) is 3. The summed E-state index contributed by atoms with van der Waals surface area (Å²) in [5.74, 6) is -2.32. The fourth-order valence-electron chi connectivity index (χ4n) is 3.90. The Morgan fingerprint density at radius 1 is 1.19 bits per heavy atom. The van der Waals surface area contributed by atoms with Crippen LogP contribution >= 0.6 is 0 Å². The zero-order chi connectivity index (χ0) is 19.7. The molecule has 1 aromatic heterocycles. The molecule has 1 amide bonds. The molecular formula is C20H23F2N3O2. The van der Waals surface area contributed by atoms with Crippen LogP contribution in [0, 0.1) is 25.5 Å². The summed E-state index contributed by atoms with van der Waals surface area (Å²) in [5.41, 5.74) is 2.81. The number of aromatic amines is 1. The van der Waals surface area contributed by atoms with Gasteiger partial charge >= 0.3 is 0 Å². The minimum atomic E-state index is -0.891. The molecule has 1 aliphatic rings. The maximum atomic E-state index is 13.6. The van der Waals surface area contributed by atoms with Crippen LogP contribution in [0.25, 0.3) is 0 Å². The molecule has 3 rings (SSSR count). The van der Waals surface area contributed by atoms with Gasteiger partial charge in [0.25, 0.3) is 5.91 Å². The lowest BCUT2D eigenvalue weighted by molar-refractivity contribution is 0.0919. The SMILES string of the molecule is CC(=O)c1c(C)[nH]c(C(=O)NC2CNCCC2c2ccc(F)c(F)c2)c1C. The number of benzene rings is 1. The molecular weight excluding hydrogens is 352 g/mol. The van der Waals surface area contributed by atoms with Crippen LogP contribution in [0.1, 0.15) is 56.9 Å². The summed E-state index contributed by atoms with van der Waals surface area (Å²) in [4.78, 5) is 27.6. The zero-order valence-electron chi connectivity index (χ0n) is 15.6. The van der Waals surface area contributed by atoms with E-state index in [1.54, 1.807) is 19.9 Å². The van der Waals surface area contributed by atoms with Gasteiger partial charge in [0, 0.05) is 29.8 Å². The van der Waals surface area contributed by atoms with E-state index in [1.165, 1.54) is 13.0 Å². The molecule has 144 valence electrons. The second-order valence-corrected chi connectivity index (χ2v) is 7.03. The number of amides is 1. The van der Waals surface area contributed by atoms with Crippen molar-refractivity contribution in [2.24, 2.45) is 0 Å². The first-order valence-corrected chi connectivity index (χ1v) is 8.96. The first kappa shape index (κ1) is 19.2. The van der Waals surface area contributed by atoms with E-state index >= 15 is 0 Å². The van der Waals surface area contributed by atoms with E-state index in [4.69, 9.17) is 0 Å². The van der Waals surface area contributed by atoms with E-state index in [0.717, 1.165) is 12.6 Å². The van der Waals surface area contributed by atoms with Gasteiger partial charge < -0.3 is 15.6 Å². The molecule has 1 aromatic carbocycles. The highest BCUT2D eigenvalue weighted by Gasteiger charge is 2.30. The Labute approximate surface area is 156 Å². The minimum absolute atomic E-state index is 0.0979. The van der Waals surface area contributed by atoms with Crippen LogP contribution in [-0.4, -0.2) is 35.8 Å². The van der Waals surface area contributed by atoms with Gasteiger partial charge in [0.1, 0.15) is 5.69 Å². The van der Waals surface area contributed by atoms with Gasteiger partial charge in [0.05, 0.1) is 0 Å². The monoisotopic (exact) mass is 375 g/mol. The predicted octanol–water partition coefficient (Wildman–Crippen LogP) is 2.99. The van der Waals surface area contributed by atoms with Crippen LogP contribution in [0.4, 0.5) is 8.78 Å². The molecule has 27 heavy (non-hydrogen) atoms. The van der Waals surface area contributed by atoms with E-state index in [1.807, 2.05) is 0 Å². The molecule has 0 spiro atoms. The minimum Gasteiger partial charge on any atom is -0.354 e. The van der Waals surface area contributed by atoms with E-state index in [-0.39, 0.29) is 23.7 Å². The van der Waals surface area contributed by atoms with Crippen LogP contribution in [0.5, 0.6) is 0 Å². The molecule has 1 aliphatic heterocycles. The Hall–Kier alpha value is -2.54. The van der Waals surface area contributed by atoms with Crippen molar-refractivity contribution in [3.63, 3.8) is 0 Å². The fraction of sp³-hybridized carbons (Fsp3) is 0.400. The third-order valence-corrected chi connectivity index (χ3v) is 5.19. The van der Waals surface area contributed by atoms with E-state index < -0.39 is 11.6 Å². The van der Waals surface area contributed by atoms with E-state index in [0.29, 0.717) is 41.0 Å². The van der Waals surface area contributed by atoms with Gasteiger partial charge in [-0.05, 0) is 57.0 Å². The number of rotatable bonds is 4. The number of carbonyl (C=O) groups is 2. The summed E-state index contributed by atoms with van der Waals surface area (Å²) in [5, 5.41) is 6.20. The largest absolute Gasteiger partial charge is 0.354 e. The molecule has 0 saturated carbocycles. The van der Waals surface area contributed by atoms with Crippen molar-refractivity contribution < 1.29 is 18.4 Å². The number of H-pyrrole nitrogens is 1. The number of hydrogen-bond acceptors (Lipinski definition) is 3. The predicted molar refractivity (Wildman–Crippen MR) is 98.1 cm³/mol. The summed E-state index contributed by atoms with van der Waals surface area (Å²) >= 11 is 0. The number of nitrogens with one attached hydrogen (secondary N) is 3. The number of carbonyl (C=O) groups excluding carboxylic acids is 2. The second kappa shape index (κ2) is 7.60. The van der Waals surface area contributed by atoms with Crippen LogP contribution in [0.15, 0.2) is 18.2 Å². The van der Waals surface area contributed by atoms with Crippen LogP contribution in [-0.2, 0) is 0 Å². The normalized spacial score (nSPS) is 19.7. The lowest BCUT2D eigenvalue weighted by Gasteiger charge is -2.33. The smallest absolute Gasteiger partial charge is 0.268 e. The summed E-state index contributed by atoms with van der Waals surface area (Å²) in [6, 6.07) is 3.59. The number of piperidine rings is 1. The topological polar surface area (TPSA) is 74.0 Å². The first-order chi connectivity index (χ1) is 12.8. The van der Waals surface area contributed by atoms with Crippen LogP contribution in [0.3, 0.4) is 0 Å². The second-order valence-electron chi connectivity index (χ2n) is 7.03. The van der Waals surface area contributed by atoms with Crippen molar-refractivity contribution in [3.8, 4) is 0 Å². The van der Waals surface area contributed by atoms with Gasteiger partial charge in [-0.25, -0.2) is 8.78 Å². The number of aryl methyl sites for hydroxylation is 1. The van der Waals surface area contributed by atoms with Crippen molar-refractivity contribution >= 4 is 11.7 Å². The zero-order valence-corrected chi connectivity index (χ0v) is 15.6. The molecule has 2 heterocycles. The summed E-state index contributed by atoms with van der Waals surface area (Å²) < 4.78 is 26.9. The Kier molecular flexibility index (Phi) is 5.41. The molecule has 3 N–H and O–H groups in total. The Bertz CT molecular complexity index is 892.